The second-order valence-electron chi connectivity index (χ2n) is 3.87. The Balaban J connectivity index is 2.34. The maximum absolute atomic E-state index is 5.96. The monoisotopic (exact) mass is 246 g/mol. The molecule has 0 heterocycles. The molecule has 2 aromatic rings. The average molecular weight is 247 g/mol. The summed E-state index contributed by atoms with van der Waals surface area (Å²) >= 11 is 5.96. The molecule has 0 fully saturated rings. The third-order valence-electron chi connectivity index (χ3n) is 2.68. The van der Waals surface area contributed by atoms with Crippen LogP contribution in [0.1, 0.15) is 12.5 Å². The summed E-state index contributed by atoms with van der Waals surface area (Å²) in [6.07, 6.45) is 0.976. The predicted octanol–water partition coefficient (Wildman–Crippen LogP) is 4.23. The second-order valence-corrected chi connectivity index (χ2v) is 4.30. The number of anilines is 3. The lowest BCUT2D eigenvalue weighted by molar-refractivity contribution is 1.14. The number of hydrogen-bond acceptors (Lipinski definition) is 2. The maximum Gasteiger partial charge on any atom is 0.0632 e. The fourth-order valence-corrected chi connectivity index (χ4v) is 1.90. The van der Waals surface area contributed by atoms with Gasteiger partial charge in [0.05, 0.1) is 11.4 Å². The van der Waals surface area contributed by atoms with E-state index in [-0.39, 0.29) is 0 Å². The van der Waals surface area contributed by atoms with E-state index in [9.17, 15) is 0 Å². The highest BCUT2D eigenvalue weighted by molar-refractivity contribution is 6.31. The Morgan fingerprint density at radius 1 is 1.12 bits per heavy atom. The molecule has 0 radical (unpaired) electrons. The predicted molar refractivity (Wildman–Crippen MR) is 75.0 cm³/mol. The average Bonchev–Trinajstić information content (AvgIpc) is 2.34. The minimum absolute atomic E-state index is 0.677. The molecule has 2 aromatic carbocycles. The maximum atomic E-state index is 5.96. The van der Waals surface area contributed by atoms with Crippen LogP contribution in [-0.4, -0.2) is 0 Å². The van der Waals surface area contributed by atoms with E-state index >= 15 is 0 Å². The molecule has 0 amide bonds. The van der Waals surface area contributed by atoms with Crippen LogP contribution < -0.4 is 11.1 Å². The summed E-state index contributed by atoms with van der Waals surface area (Å²) < 4.78 is 0. The first kappa shape index (κ1) is 11.8. The lowest BCUT2D eigenvalue weighted by Gasteiger charge is -2.13. The molecule has 3 N–H and O–H groups in total. The number of aryl methyl sites for hydroxylation is 1. The van der Waals surface area contributed by atoms with Crippen molar-refractivity contribution in [1.29, 1.82) is 0 Å². The van der Waals surface area contributed by atoms with Gasteiger partial charge in [-0.3, -0.25) is 0 Å². The number of nitrogens with one attached hydrogen (secondary N) is 1. The Labute approximate surface area is 106 Å². The number of halogens is 1. The summed E-state index contributed by atoms with van der Waals surface area (Å²) in [7, 11) is 0. The summed E-state index contributed by atoms with van der Waals surface area (Å²) in [4.78, 5) is 0. The zero-order valence-corrected chi connectivity index (χ0v) is 10.5. The third kappa shape index (κ3) is 2.71. The highest BCUT2D eigenvalue weighted by Crippen LogP contribution is 2.28. The molecule has 0 aliphatic carbocycles. The first-order valence-corrected chi connectivity index (χ1v) is 5.98. The van der Waals surface area contributed by atoms with Crippen molar-refractivity contribution < 1.29 is 0 Å². The van der Waals surface area contributed by atoms with E-state index in [2.05, 4.69) is 18.3 Å². The molecule has 0 bridgehead atoms. The molecule has 0 saturated carbocycles. The lowest BCUT2D eigenvalue weighted by Crippen LogP contribution is -1.98. The van der Waals surface area contributed by atoms with Crippen LogP contribution in [0.2, 0.25) is 5.02 Å². The molecular weight excluding hydrogens is 232 g/mol. The summed E-state index contributed by atoms with van der Waals surface area (Å²) in [5, 5.41) is 4.00. The Kier molecular flexibility index (Phi) is 3.55. The van der Waals surface area contributed by atoms with E-state index in [4.69, 9.17) is 17.3 Å². The quantitative estimate of drug-likeness (QED) is 0.796. The van der Waals surface area contributed by atoms with Crippen molar-refractivity contribution in [2.24, 2.45) is 0 Å². The molecule has 0 aromatic heterocycles. The molecule has 0 saturated heterocycles. The Morgan fingerprint density at radius 3 is 2.65 bits per heavy atom. The summed E-state index contributed by atoms with van der Waals surface area (Å²) in [6.45, 7) is 2.13. The van der Waals surface area contributed by atoms with Crippen LogP contribution in [0.4, 0.5) is 17.1 Å². The van der Waals surface area contributed by atoms with Crippen molar-refractivity contribution >= 4 is 28.7 Å². The topological polar surface area (TPSA) is 38.0 Å². The SMILES string of the molecule is CCc1ccccc1Nc1cc(Cl)ccc1N. The first-order chi connectivity index (χ1) is 8.20. The zero-order valence-electron chi connectivity index (χ0n) is 9.70. The van der Waals surface area contributed by atoms with Gasteiger partial charge in [0.2, 0.25) is 0 Å². The lowest BCUT2D eigenvalue weighted by atomic mass is 10.1. The highest BCUT2D eigenvalue weighted by atomic mass is 35.5. The molecule has 2 rings (SSSR count). The van der Waals surface area contributed by atoms with Crippen LogP contribution >= 0.6 is 11.6 Å². The van der Waals surface area contributed by atoms with Gasteiger partial charge in [0, 0.05) is 10.7 Å². The van der Waals surface area contributed by atoms with Crippen LogP contribution in [0.25, 0.3) is 0 Å². The molecule has 17 heavy (non-hydrogen) atoms. The summed E-state index contributed by atoms with van der Waals surface area (Å²) in [6, 6.07) is 13.6. The van der Waals surface area contributed by atoms with E-state index in [1.54, 1.807) is 12.1 Å². The molecule has 0 spiro atoms. The Hall–Kier alpha value is -1.67. The fourth-order valence-electron chi connectivity index (χ4n) is 1.73. The van der Waals surface area contributed by atoms with E-state index in [1.165, 1.54) is 5.56 Å². The van der Waals surface area contributed by atoms with E-state index in [0.29, 0.717) is 10.7 Å². The van der Waals surface area contributed by atoms with Crippen LogP contribution in [0, 0.1) is 0 Å². The van der Waals surface area contributed by atoms with Gasteiger partial charge in [0.1, 0.15) is 0 Å². The van der Waals surface area contributed by atoms with Gasteiger partial charge in [0.15, 0.2) is 0 Å². The van der Waals surface area contributed by atoms with E-state index in [0.717, 1.165) is 17.8 Å². The van der Waals surface area contributed by atoms with Gasteiger partial charge in [-0.15, -0.1) is 0 Å². The Bertz CT molecular complexity index is 523. The first-order valence-electron chi connectivity index (χ1n) is 5.60. The van der Waals surface area contributed by atoms with Gasteiger partial charge < -0.3 is 11.1 Å². The number of para-hydroxylation sites is 1. The molecule has 0 aliphatic heterocycles. The van der Waals surface area contributed by atoms with Crippen molar-refractivity contribution in [3.8, 4) is 0 Å². The van der Waals surface area contributed by atoms with Gasteiger partial charge in [0.25, 0.3) is 0 Å². The largest absolute Gasteiger partial charge is 0.397 e. The highest BCUT2D eigenvalue weighted by Gasteiger charge is 2.03. The normalized spacial score (nSPS) is 10.2. The summed E-state index contributed by atoms with van der Waals surface area (Å²) in [5.74, 6) is 0. The molecule has 0 unspecified atom stereocenters. The van der Waals surface area contributed by atoms with Gasteiger partial charge in [-0.05, 0) is 36.2 Å². The molecule has 3 heteroatoms. The third-order valence-corrected chi connectivity index (χ3v) is 2.92. The van der Waals surface area contributed by atoms with Crippen LogP contribution in [0.3, 0.4) is 0 Å². The molecule has 0 aliphatic rings. The van der Waals surface area contributed by atoms with Crippen molar-refractivity contribution in [2.75, 3.05) is 11.1 Å². The van der Waals surface area contributed by atoms with Crippen LogP contribution in [0.15, 0.2) is 42.5 Å². The summed E-state index contributed by atoms with van der Waals surface area (Å²) in [5.41, 5.74) is 9.78. The van der Waals surface area contributed by atoms with Crippen molar-refractivity contribution in [3.05, 3.63) is 53.1 Å². The smallest absolute Gasteiger partial charge is 0.0632 e. The molecule has 2 nitrogen and oxygen atoms in total. The number of rotatable bonds is 3. The van der Waals surface area contributed by atoms with Crippen LogP contribution in [0.5, 0.6) is 0 Å². The van der Waals surface area contributed by atoms with Crippen molar-refractivity contribution in [2.45, 2.75) is 13.3 Å². The van der Waals surface area contributed by atoms with E-state index in [1.807, 2.05) is 24.3 Å². The van der Waals surface area contributed by atoms with Crippen molar-refractivity contribution in [1.82, 2.24) is 0 Å². The number of nitrogen functional groups attached to an aromatic ring is 1. The minimum atomic E-state index is 0.677. The molecular formula is C14H15ClN2. The van der Waals surface area contributed by atoms with Gasteiger partial charge in [-0.1, -0.05) is 36.7 Å². The van der Waals surface area contributed by atoms with E-state index < -0.39 is 0 Å². The minimum Gasteiger partial charge on any atom is -0.397 e. The van der Waals surface area contributed by atoms with Crippen molar-refractivity contribution in [3.63, 3.8) is 0 Å². The number of benzene rings is 2. The van der Waals surface area contributed by atoms with Gasteiger partial charge >= 0.3 is 0 Å². The Morgan fingerprint density at radius 2 is 1.88 bits per heavy atom. The van der Waals surface area contributed by atoms with Gasteiger partial charge in [-0.25, -0.2) is 0 Å². The molecule has 88 valence electrons. The molecule has 0 atom stereocenters. The second kappa shape index (κ2) is 5.11. The number of hydrogen-bond donors (Lipinski definition) is 2. The van der Waals surface area contributed by atoms with Crippen LogP contribution in [-0.2, 0) is 6.42 Å². The number of nitrogens with two attached hydrogens (primary N) is 1. The van der Waals surface area contributed by atoms with Gasteiger partial charge in [-0.2, -0.15) is 0 Å². The zero-order chi connectivity index (χ0) is 12.3. The standard InChI is InChI=1S/C14H15ClN2/c1-2-10-5-3-4-6-13(10)17-14-9-11(15)7-8-12(14)16/h3-9,17H,2,16H2,1H3. The fraction of sp³-hybridized carbons (Fsp3) is 0.143.